The van der Waals surface area contributed by atoms with Crippen molar-refractivity contribution in [2.75, 3.05) is 19.6 Å². The van der Waals surface area contributed by atoms with E-state index in [2.05, 4.69) is 43.0 Å². The van der Waals surface area contributed by atoms with Crippen molar-refractivity contribution >= 4 is 0 Å². The highest BCUT2D eigenvalue weighted by atomic mass is 19.1. The van der Waals surface area contributed by atoms with Crippen molar-refractivity contribution in [1.29, 1.82) is 0 Å². The summed E-state index contributed by atoms with van der Waals surface area (Å²) in [6.45, 7) is 8.35. The topological polar surface area (TPSA) is 3.24 Å². The molecule has 4 rings (SSSR count). The number of piperidine rings is 1. The summed E-state index contributed by atoms with van der Waals surface area (Å²) in [5, 5.41) is 0. The third-order valence-corrected chi connectivity index (χ3v) is 8.58. The van der Waals surface area contributed by atoms with E-state index in [-0.39, 0.29) is 5.82 Å². The molecule has 2 heteroatoms. The third-order valence-electron chi connectivity index (χ3n) is 8.58. The lowest BCUT2D eigenvalue weighted by Crippen LogP contribution is -2.37. The number of nitrogens with zero attached hydrogens (tertiary/aromatic N) is 1. The van der Waals surface area contributed by atoms with Gasteiger partial charge in [0.15, 0.2) is 0 Å². The molecule has 1 heterocycles. The molecule has 3 unspecified atom stereocenters. The third kappa shape index (κ3) is 7.15. The van der Waals surface area contributed by atoms with Crippen molar-refractivity contribution in [3.8, 4) is 0 Å². The molecular weight excluding hydrogens is 405 g/mol. The monoisotopic (exact) mass is 449 g/mol. The van der Waals surface area contributed by atoms with Gasteiger partial charge in [-0.15, -0.1) is 0 Å². The van der Waals surface area contributed by atoms with E-state index in [1.54, 1.807) is 12.1 Å². The second kappa shape index (κ2) is 12.2. The molecule has 33 heavy (non-hydrogen) atoms. The molecule has 0 amide bonds. The fourth-order valence-corrected chi connectivity index (χ4v) is 6.28. The Kier molecular flexibility index (Phi) is 9.01. The maximum Gasteiger partial charge on any atom is 0.123 e. The summed E-state index contributed by atoms with van der Waals surface area (Å²) < 4.78 is 13.6. The Morgan fingerprint density at radius 3 is 1.97 bits per heavy atom. The van der Waals surface area contributed by atoms with Gasteiger partial charge in [-0.2, -0.15) is 0 Å². The summed E-state index contributed by atoms with van der Waals surface area (Å²) in [5.74, 6) is 2.85. The Hall–Kier alpha value is -1.67. The molecule has 3 atom stereocenters. The van der Waals surface area contributed by atoms with Crippen LogP contribution in [0.15, 0.2) is 48.5 Å². The minimum atomic E-state index is -0.144. The van der Waals surface area contributed by atoms with Crippen molar-refractivity contribution in [1.82, 2.24) is 4.90 Å². The van der Waals surface area contributed by atoms with Gasteiger partial charge in [-0.3, -0.25) is 0 Å². The number of hydrogen-bond donors (Lipinski definition) is 0. The molecule has 1 nitrogen and oxygen atoms in total. The van der Waals surface area contributed by atoms with Gasteiger partial charge in [0.1, 0.15) is 5.82 Å². The molecule has 1 saturated carbocycles. The van der Waals surface area contributed by atoms with Crippen LogP contribution in [0.3, 0.4) is 0 Å². The highest BCUT2D eigenvalue weighted by molar-refractivity contribution is 5.34. The first-order chi connectivity index (χ1) is 16.1. The maximum atomic E-state index is 13.6. The van der Waals surface area contributed by atoms with Crippen LogP contribution in [0.2, 0.25) is 0 Å². The van der Waals surface area contributed by atoms with Crippen molar-refractivity contribution in [3.63, 3.8) is 0 Å². The van der Waals surface area contributed by atoms with Crippen molar-refractivity contribution < 1.29 is 4.39 Å². The van der Waals surface area contributed by atoms with E-state index < -0.39 is 0 Å². The molecule has 2 fully saturated rings. The minimum Gasteiger partial charge on any atom is -0.303 e. The molecule has 2 aromatic carbocycles. The first kappa shape index (κ1) is 24.5. The number of halogens is 1. The maximum absolute atomic E-state index is 13.6. The molecular formula is C31H44FN. The van der Waals surface area contributed by atoms with Gasteiger partial charge < -0.3 is 4.90 Å². The molecule has 0 N–H and O–H groups in total. The van der Waals surface area contributed by atoms with Gasteiger partial charge in [-0.1, -0.05) is 81.0 Å². The first-order valence-electron chi connectivity index (χ1n) is 13.6. The lowest BCUT2D eigenvalue weighted by atomic mass is 9.79. The van der Waals surface area contributed by atoms with Crippen LogP contribution in [0.1, 0.15) is 93.7 Å². The molecule has 2 aromatic rings. The molecule has 0 aromatic heterocycles. The van der Waals surface area contributed by atoms with Gasteiger partial charge in [0.2, 0.25) is 0 Å². The van der Waals surface area contributed by atoms with Crippen LogP contribution in [0, 0.1) is 30.5 Å². The number of rotatable bonds is 7. The van der Waals surface area contributed by atoms with Crippen LogP contribution in [0.25, 0.3) is 0 Å². The smallest absolute Gasteiger partial charge is 0.123 e. The Morgan fingerprint density at radius 2 is 1.33 bits per heavy atom. The average Bonchev–Trinajstić information content (AvgIpc) is 2.82. The van der Waals surface area contributed by atoms with E-state index in [1.807, 2.05) is 12.1 Å². The Morgan fingerprint density at radius 1 is 0.758 bits per heavy atom. The Bertz CT molecular complexity index is 774. The molecule has 0 bridgehead atoms. The van der Waals surface area contributed by atoms with Gasteiger partial charge in [-0.25, -0.2) is 4.39 Å². The fourth-order valence-electron chi connectivity index (χ4n) is 6.28. The number of hydrogen-bond acceptors (Lipinski definition) is 1. The van der Waals surface area contributed by atoms with Crippen molar-refractivity contribution in [2.45, 2.75) is 84.0 Å². The molecule has 0 spiro atoms. The van der Waals surface area contributed by atoms with E-state index in [1.165, 1.54) is 101 Å². The zero-order valence-electron chi connectivity index (χ0n) is 20.9. The van der Waals surface area contributed by atoms with E-state index in [0.717, 1.165) is 17.8 Å². The Labute approximate surface area is 201 Å². The lowest BCUT2D eigenvalue weighted by Gasteiger charge is -2.36. The predicted octanol–water partition coefficient (Wildman–Crippen LogP) is 8.36. The molecule has 0 radical (unpaired) electrons. The van der Waals surface area contributed by atoms with Gasteiger partial charge >= 0.3 is 0 Å². The van der Waals surface area contributed by atoms with Crippen LogP contribution in [-0.2, 0) is 0 Å². The van der Waals surface area contributed by atoms with Crippen LogP contribution >= 0.6 is 0 Å². The average molecular weight is 450 g/mol. The van der Waals surface area contributed by atoms with E-state index in [9.17, 15) is 4.39 Å². The lowest BCUT2D eigenvalue weighted by molar-refractivity contribution is 0.140. The highest BCUT2D eigenvalue weighted by Gasteiger charge is 2.26. The quantitative estimate of drug-likeness (QED) is 0.410. The second-order valence-electron chi connectivity index (χ2n) is 11.0. The molecule has 1 aliphatic heterocycles. The number of likely N-dealkylation sites (tertiary alicyclic amines) is 1. The van der Waals surface area contributed by atoms with Gasteiger partial charge in [0.25, 0.3) is 0 Å². The van der Waals surface area contributed by atoms with E-state index in [0.29, 0.717) is 5.92 Å². The molecule has 1 aliphatic carbocycles. The summed E-state index contributed by atoms with van der Waals surface area (Å²) in [4.78, 5) is 2.77. The van der Waals surface area contributed by atoms with Crippen molar-refractivity contribution in [3.05, 3.63) is 71.0 Å². The zero-order valence-corrected chi connectivity index (χ0v) is 20.9. The summed E-state index contributed by atoms with van der Waals surface area (Å²) in [5.41, 5.74) is 3.92. The van der Waals surface area contributed by atoms with Gasteiger partial charge in [0.05, 0.1) is 0 Å². The minimum absolute atomic E-state index is 0.144. The summed E-state index contributed by atoms with van der Waals surface area (Å²) in [6.07, 6.45) is 13.8. The number of benzene rings is 2. The SMILES string of the molecule is CCC1CCCCC(CN2CCC(CC(c3ccc(C)cc3)c3ccc(F)cc3)CC2)CC1. The predicted molar refractivity (Wildman–Crippen MR) is 138 cm³/mol. The summed E-state index contributed by atoms with van der Waals surface area (Å²) in [6, 6.07) is 16.2. The fraction of sp³-hybridized carbons (Fsp3) is 0.613. The molecule has 1 saturated heterocycles. The van der Waals surface area contributed by atoms with Crippen LogP contribution in [0.5, 0.6) is 0 Å². The highest BCUT2D eigenvalue weighted by Crippen LogP contribution is 2.36. The molecule has 180 valence electrons. The Balaban J connectivity index is 1.33. The van der Waals surface area contributed by atoms with E-state index >= 15 is 0 Å². The van der Waals surface area contributed by atoms with Gasteiger partial charge in [0, 0.05) is 12.5 Å². The number of aryl methyl sites for hydroxylation is 1. The zero-order chi connectivity index (χ0) is 23.0. The van der Waals surface area contributed by atoms with Crippen LogP contribution < -0.4 is 0 Å². The summed E-state index contributed by atoms with van der Waals surface area (Å²) in [7, 11) is 0. The van der Waals surface area contributed by atoms with Crippen LogP contribution in [-0.4, -0.2) is 24.5 Å². The van der Waals surface area contributed by atoms with Crippen LogP contribution in [0.4, 0.5) is 4.39 Å². The van der Waals surface area contributed by atoms with Gasteiger partial charge in [-0.05, 0) is 93.1 Å². The van der Waals surface area contributed by atoms with Crippen molar-refractivity contribution in [2.24, 2.45) is 17.8 Å². The summed E-state index contributed by atoms with van der Waals surface area (Å²) >= 11 is 0. The largest absolute Gasteiger partial charge is 0.303 e. The second-order valence-corrected chi connectivity index (χ2v) is 11.0. The molecule has 2 aliphatic rings. The standard InChI is InChI=1S/C31H44FN/c1-3-25-6-4-5-7-27(11-10-25)23-33-20-18-26(19-21-33)22-31(28-12-8-24(2)9-13-28)29-14-16-30(32)17-15-29/h8-9,12-17,25-27,31H,3-7,10-11,18-23H2,1-2H3. The normalized spacial score (nSPS) is 24.2. The van der Waals surface area contributed by atoms with E-state index in [4.69, 9.17) is 0 Å². The first-order valence-corrected chi connectivity index (χ1v) is 13.6.